The molecule has 176 valence electrons. The Morgan fingerprint density at radius 2 is 1.43 bits per heavy atom. The topological polar surface area (TPSA) is 25.2 Å². The first kappa shape index (κ1) is 26.4. The molecule has 4 aromatic rings. The molecule has 35 heavy (non-hydrogen) atoms. The van der Waals surface area contributed by atoms with E-state index in [9.17, 15) is 0 Å². The van der Waals surface area contributed by atoms with Crippen molar-refractivity contribution >= 4 is 37.7 Å². The van der Waals surface area contributed by atoms with Crippen molar-refractivity contribution in [2.45, 2.75) is 0 Å². The summed E-state index contributed by atoms with van der Waals surface area (Å²) in [7, 11) is 9.53. The fourth-order valence-electron chi connectivity index (χ4n) is 3.61. The van der Waals surface area contributed by atoms with E-state index in [0.717, 1.165) is 44.8 Å². The molecule has 0 saturated heterocycles. The van der Waals surface area contributed by atoms with E-state index in [1.165, 1.54) is 0 Å². The molecule has 1 heterocycles. The molecule has 2 nitrogen and oxygen atoms in total. The van der Waals surface area contributed by atoms with E-state index in [2.05, 4.69) is 66.7 Å². The summed E-state index contributed by atoms with van der Waals surface area (Å²) in [5, 5.41) is 0. The number of aliphatic imine (C=N–C) groups is 1. The van der Waals surface area contributed by atoms with Crippen molar-refractivity contribution < 1.29 is 13.1 Å². The van der Waals surface area contributed by atoms with Crippen LogP contribution in [-0.4, -0.2) is 11.2 Å². The second-order valence-corrected chi connectivity index (χ2v) is 9.10. The summed E-state index contributed by atoms with van der Waals surface area (Å²) in [4.78, 5) is 9.32. The Morgan fingerprint density at radius 3 is 2.00 bits per heavy atom. The van der Waals surface area contributed by atoms with E-state index >= 15 is 0 Å². The minimum absolute atomic E-state index is 0.194. The van der Waals surface area contributed by atoms with E-state index < -0.39 is 0 Å². The molecule has 3 aromatic carbocycles. The van der Waals surface area contributed by atoms with Crippen LogP contribution in [0.3, 0.4) is 0 Å². The molecule has 0 fully saturated rings. The number of pyridine rings is 1. The second kappa shape index (κ2) is 14.3. The van der Waals surface area contributed by atoms with Crippen LogP contribution in [0, 0.1) is 0 Å². The molecule has 1 aromatic heterocycles. The monoisotopic (exact) mass is 538 g/mol. The molecule has 0 N–H and O–H groups in total. The van der Waals surface area contributed by atoms with Crippen LogP contribution in [0.25, 0.3) is 27.8 Å². The molecule has 0 aliphatic heterocycles. The zero-order chi connectivity index (χ0) is 24.9. The minimum atomic E-state index is 0.194. The zero-order valence-corrected chi connectivity index (χ0v) is 21.6. The number of benzene rings is 3. The van der Waals surface area contributed by atoms with E-state index in [1.54, 1.807) is 12.3 Å². The Hall–Kier alpha value is -3.20. The van der Waals surface area contributed by atoms with Crippen LogP contribution in [0.2, 0.25) is 0 Å². The fourth-order valence-corrected chi connectivity index (χ4v) is 3.61. The second-order valence-electron chi connectivity index (χ2n) is 7.28. The molecule has 0 atom stereocenters. The third-order valence-corrected chi connectivity index (χ3v) is 5.14. The first-order valence-corrected chi connectivity index (χ1v) is 13.8. The number of aromatic nitrogens is 1. The van der Waals surface area contributed by atoms with E-state index in [1.807, 2.05) is 60.8 Å². The summed E-state index contributed by atoms with van der Waals surface area (Å²) in [6.07, 6.45) is 9.17. The van der Waals surface area contributed by atoms with Crippen molar-refractivity contribution in [2.75, 3.05) is 0 Å². The maximum absolute atomic E-state index is 4.93. The maximum atomic E-state index is 4.93. The number of nitrogens with zero attached hydrogens (tertiary/aromatic N) is 2. The van der Waals surface area contributed by atoms with Gasteiger partial charge in [-0.1, -0.05) is 98.1 Å². The Bertz CT molecular complexity index is 1300. The van der Waals surface area contributed by atoms with Gasteiger partial charge in [0, 0.05) is 17.3 Å². The molecule has 0 aliphatic carbocycles. The molecule has 0 saturated carbocycles. The predicted octanol–water partition coefficient (Wildman–Crippen LogP) is 9.30. The number of hydrogen-bond donors (Lipinski definition) is 0. The van der Waals surface area contributed by atoms with Gasteiger partial charge in [0.05, 0.1) is 17.6 Å². The molecular formula is C30H24Cl2FeN2. The molecule has 5 heteroatoms. The van der Waals surface area contributed by atoms with Gasteiger partial charge in [-0.25, -0.2) is 0 Å². The summed E-state index contributed by atoms with van der Waals surface area (Å²) < 4.78 is 0. The number of halogens is 2. The van der Waals surface area contributed by atoms with Gasteiger partial charge in [0.25, 0.3) is 0 Å². The number of hydrogen-bond acceptors (Lipinski definition) is 2. The summed E-state index contributed by atoms with van der Waals surface area (Å²) in [6.45, 7) is 7.93. The van der Waals surface area contributed by atoms with Gasteiger partial charge in [0.2, 0.25) is 0 Å². The predicted molar refractivity (Wildman–Crippen MR) is 149 cm³/mol. The Labute approximate surface area is 222 Å². The van der Waals surface area contributed by atoms with Crippen LogP contribution in [0.15, 0.2) is 134 Å². The molecule has 0 spiro atoms. The van der Waals surface area contributed by atoms with Gasteiger partial charge in [0.15, 0.2) is 0 Å². The first-order valence-electron chi connectivity index (χ1n) is 10.8. The summed E-state index contributed by atoms with van der Waals surface area (Å²) in [5.41, 5.74) is 8.04. The van der Waals surface area contributed by atoms with Gasteiger partial charge in [-0.05, 0) is 46.5 Å². The Morgan fingerprint density at radius 1 is 0.800 bits per heavy atom. The van der Waals surface area contributed by atoms with Crippen LogP contribution in [0.4, 0.5) is 5.69 Å². The standard InChI is InChI=1S/C30H24N2.2ClH.Fe/c1-3-13-23(4-2)28-20-26(24-14-7-5-8-15-24)21-29(25-16-9-6-10-17-25)30(28)32-22-27-18-11-12-19-31-27;;;/h3-22H,1-2H2;2*1H;/q;;;+2/p-2/b23-13+,32-22?;;;. The zero-order valence-electron chi connectivity index (χ0n) is 19.0. The van der Waals surface area contributed by atoms with Gasteiger partial charge in [-0.15, -0.1) is 0 Å². The fraction of sp³-hybridized carbons (Fsp3) is 0. The molecule has 0 amide bonds. The normalized spacial score (nSPS) is 11.1. The van der Waals surface area contributed by atoms with Crippen molar-refractivity contribution in [1.82, 2.24) is 4.98 Å². The van der Waals surface area contributed by atoms with Crippen molar-refractivity contribution in [3.05, 3.63) is 140 Å². The summed E-state index contributed by atoms with van der Waals surface area (Å²) in [6, 6.07) is 30.9. The number of allylic oxidation sites excluding steroid dienone is 4. The first-order chi connectivity index (χ1) is 17.2. The third kappa shape index (κ3) is 7.39. The number of rotatable bonds is 7. The van der Waals surface area contributed by atoms with Gasteiger partial charge in [0.1, 0.15) is 0 Å². The van der Waals surface area contributed by atoms with E-state index in [-0.39, 0.29) is 13.1 Å². The average Bonchev–Trinajstić information content (AvgIpc) is 2.92. The Balaban J connectivity index is 0.00000108. The molecule has 0 bridgehead atoms. The quantitative estimate of drug-likeness (QED) is 0.131. The van der Waals surface area contributed by atoms with E-state index in [4.69, 9.17) is 25.2 Å². The van der Waals surface area contributed by atoms with Crippen LogP contribution in [0.1, 0.15) is 11.3 Å². The molecule has 4 rings (SSSR count). The average molecular weight is 539 g/mol. The van der Waals surface area contributed by atoms with Crippen LogP contribution < -0.4 is 0 Å². The molecule has 0 aliphatic rings. The van der Waals surface area contributed by atoms with Crippen LogP contribution in [0.5, 0.6) is 0 Å². The summed E-state index contributed by atoms with van der Waals surface area (Å²) in [5.74, 6) is 0. The van der Waals surface area contributed by atoms with Gasteiger partial charge < -0.3 is 0 Å². The van der Waals surface area contributed by atoms with Crippen LogP contribution >= 0.6 is 20.2 Å². The third-order valence-electron chi connectivity index (χ3n) is 5.14. The van der Waals surface area contributed by atoms with Crippen molar-refractivity contribution in [3.63, 3.8) is 0 Å². The van der Waals surface area contributed by atoms with Crippen molar-refractivity contribution in [2.24, 2.45) is 4.99 Å². The molecular weight excluding hydrogens is 515 g/mol. The van der Waals surface area contributed by atoms with Gasteiger partial charge in [-0.3, -0.25) is 9.98 Å². The van der Waals surface area contributed by atoms with E-state index in [0.29, 0.717) is 0 Å². The van der Waals surface area contributed by atoms with Crippen molar-refractivity contribution in [1.29, 1.82) is 0 Å². The van der Waals surface area contributed by atoms with Crippen molar-refractivity contribution in [3.8, 4) is 22.3 Å². The van der Waals surface area contributed by atoms with Crippen LogP contribution in [-0.2, 0) is 13.1 Å². The molecule has 0 radical (unpaired) electrons. The summed E-state index contributed by atoms with van der Waals surface area (Å²) >= 11 is 0.194. The Kier molecular flexibility index (Phi) is 10.8. The van der Waals surface area contributed by atoms with Gasteiger partial charge >= 0.3 is 33.3 Å². The SMILES string of the molecule is C=C/C=C(\C=C)c1cc(-c2ccccc2)cc(-c2ccccc2)c1N=Cc1ccccn1.[Cl][Fe][Cl]. The molecule has 0 unspecified atom stereocenters. The van der Waals surface area contributed by atoms with Gasteiger partial charge in [-0.2, -0.15) is 0 Å².